The minimum Gasteiger partial charge on any atom is -0.494 e. The Morgan fingerprint density at radius 1 is 1.17 bits per heavy atom. The van der Waals surface area contributed by atoms with Gasteiger partial charge in [0.15, 0.2) is 0 Å². The van der Waals surface area contributed by atoms with E-state index >= 15 is 0 Å². The van der Waals surface area contributed by atoms with Gasteiger partial charge < -0.3 is 15.8 Å². The largest absolute Gasteiger partial charge is 0.494 e. The Bertz CT molecular complexity index is 456. The molecule has 0 spiro atoms. The van der Waals surface area contributed by atoms with E-state index in [1.54, 1.807) is 7.11 Å². The Kier molecular flexibility index (Phi) is 4.67. The summed E-state index contributed by atoms with van der Waals surface area (Å²) in [5.41, 5.74) is 10.1. The second-order valence-electron chi connectivity index (χ2n) is 5.31. The van der Waals surface area contributed by atoms with Crippen molar-refractivity contribution in [3.8, 4) is 5.75 Å². The van der Waals surface area contributed by atoms with E-state index in [4.69, 9.17) is 10.5 Å². The Hall–Kier alpha value is -0.740. The maximum absolute atomic E-state index is 5.79. The molecule has 1 rings (SSSR count). The third-order valence-electron chi connectivity index (χ3n) is 3.34. The SMILES string of the molecule is COc1c(C)c(C)c(Br)c(C)c1NC(C)(C)CN. The summed E-state index contributed by atoms with van der Waals surface area (Å²) in [7, 11) is 1.70. The first kappa shape index (κ1) is 15.3. The molecule has 3 N–H and O–H groups in total. The first-order valence-corrected chi connectivity index (χ1v) is 6.86. The number of hydrogen-bond acceptors (Lipinski definition) is 3. The van der Waals surface area contributed by atoms with Crippen molar-refractivity contribution in [2.45, 2.75) is 40.2 Å². The third-order valence-corrected chi connectivity index (χ3v) is 4.53. The second-order valence-corrected chi connectivity index (χ2v) is 6.10. The van der Waals surface area contributed by atoms with Gasteiger partial charge in [-0.15, -0.1) is 0 Å². The zero-order valence-corrected chi connectivity index (χ0v) is 13.7. The average Bonchev–Trinajstić information content (AvgIpc) is 2.33. The summed E-state index contributed by atoms with van der Waals surface area (Å²) in [6, 6.07) is 0. The lowest BCUT2D eigenvalue weighted by Crippen LogP contribution is -2.39. The molecular weight excluding hydrogens is 292 g/mol. The number of hydrogen-bond donors (Lipinski definition) is 2. The van der Waals surface area contributed by atoms with Gasteiger partial charge in [-0.3, -0.25) is 0 Å². The van der Waals surface area contributed by atoms with Crippen molar-refractivity contribution in [2.75, 3.05) is 19.0 Å². The predicted octanol–water partition coefficient (Wildman–Crippen LogP) is 3.53. The molecule has 0 saturated carbocycles. The molecule has 0 aromatic heterocycles. The number of nitrogens with one attached hydrogen (secondary N) is 1. The summed E-state index contributed by atoms with van der Waals surface area (Å²) in [5.74, 6) is 0.898. The Morgan fingerprint density at radius 2 is 1.72 bits per heavy atom. The summed E-state index contributed by atoms with van der Waals surface area (Å²) in [6.07, 6.45) is 0. The van der Waals surface area contributed by atoms with Gasteiger partial charge >= 0.3 is 0 Å². The van der Waals surface area contributed by atoms with Crippen molar-refractivity contribution < 1.29 is 4.74 Å². The molecule has 1 aromatic rings. The lowest BCUT2D eigenvalue weighted by atomic mass is 9.99. The van der Waals surface area contributed by atoms with Crippen LogP contribution in [0.3, 0.4) is 0 Å². The van der Waals surface area contributed by atoms with E-state index in [0.29, 0.717) is 6.54 Å². The van der Waals surface area contributed by atoms with Gasteiger partial charge in [0.2, 0.25) is 0 Å². The van der Waals surface area contributed by atoms with E-state index in [1.165, 1.54) is 5.56 Å². The zero-order valence-electron chi connectivity index (χ0n) is 12.1. The number of anilines is 1. The van der Waals surface area contributed by atoms with Crippen molar-refractivity contribution in [3.63, 3.8) is 0 Å². The van der Waals surface area contributed by atoms with Crippen LogP contribution in [-0.4, -0.2) is 19.2 Å². The van der Waals surface area contributed by atoms with Crippen LogP contribution in [0, 0.1) is 20.8 Å². The van der Waals surface area contributed by atoms with Crippen molar-refractivity contribution >= 4 is 21.6 Å². The van der Waals surface area contributed by atoms with Crippen LogP contribution in [0.2, 0.25) is 0 Å². The number of nitrogens with two attached hydrogens (primary N) is 1. The molecule has 3 nitrogen and oxygen atoms in total. The molecule has 0 saturated heterocycles. The molecule has 0 bridgehead atoms. The highest BCUT2D eigenvalue weighted by atomic mass is 79.9. The molecular formula is C14H23BrN2O. The summed E-state index contributed by atoms with van der Waals surface area (Å²) in [6.45, 7) is 10.9. The van der Waals surface area contributed by atoms with E-state index < -0.39 is 0 Å². The van der Waals surface area contributed by atoms with Crippen LogP contribution in [0.1, 0.15) is 30.5 Å². The van der Waals surface area contributed by atoms with Crippen LogP contribution >= 0.6 is 15.9 Å². The second kappa shape index (κ2) is 5.49. The van der Waals surface area contributed by atoms with Gasteiger partial charge in [0.25, 0.3) is 0 Å². The lowest BCUT2D eigenvalue weighted by Gasteiger charge is -2.29. The van der Waals surface area contributed by atoms with E-state index in [9.17, 15) is 0 Å². The summed E-state index contributed by atoms with van der Waals surface area (Å²) < 4.78 is 6.68. The van der Waals surface area contributed by atoms with E-state index in [0.717, 1.165) is 27.0 Å². The molecule has 0 aliphatic heterocycles. The predicted molar refractivity (Wildman–Crippen MR) is 81.7 cm³/mol. The lowest BCUT2D eigenvalue weighted by molar-refractivity contribution is 0.410. The molecule has 0 fully saturated rings. The Labute approximate surface area is 118 Å². The molecule has 0 aliphatic rings. The fourth-order valence-electron chi connectivity index (χ4n) is 1.88. The van der Waals surface area contributed by atoms with Crippen LogP contribution < -0.4 is 15.8 Å². The van der Waals surface area contributed by atoms with Gasteiger partial charge in [0.1, 0.15) is 5.75 Å². The highest BCUT2D eigenvalue weighted by Crippen LogP contribution is 2.40. The molecule has 0 unspecified atom stereocenters. The van der Waals surface area contributed by atoms with Gasteiger partial charge in [0, 0.05) is 16.6 Å². The smallest absolute Gasteiger partial charge is 0.145 e. The molecule has 0 heterocycles. The quantitative estimate of drug-likeness (QED) is 0.893. The van der Waals surface area contributed by atoms with Gasteiger partial charge in [-0.25, -0.2) is 0 Å². The van der Waals surface area contributed by atoms with E-state index in [2.05, 4.69) is 55.9 Å². The maximum Gasteiger partial charge on any atom is 0.145 e. The average molecular weight is 315 g/mol. The Balaban J connectivity index is 3.43. The molecule has 4 heteroatoms. The number of benzene rings is 1. The highest BCUT2D eigenvalue weighted by molar-refractivity contribution is 9.10. The first-order valence-electron chi connectivity index (χ1n) is 6.06. The molecule has 1 aromatic carbocycles. The Morgan fingerprint density at radius 3 is 2.17 bits per heavy atom. The molecule has 0 atom stereocenters. The molecule has 18 heavy (non-hydrogen) atoms. The topological polar surface area (TPSA) is 47.3 Å². The number of methoxy groups -OCH3 is 1. The van der Waals surface area contributed by atoms with Gasteiger partial charge in [0.05, 0.1) is 12.8 Å². The van der Waals surface area contributed by atoms with Crippen LogP contribution in [-0.2, 0) is 0 Å². The number of ether oxygens (including phenoxy) is 1. The minimum atomic E-state index is -0.167. The molecule has 0 aliphatic carbocycles. The number of rotatable bonds is 4. The monoisotopic (exact) mass is 314 g/mol. The minimum absolute atomic E-state index is 0.167. The van der Waals surface area contributed by atoms with E-state index in [-0.39, 0.29) is 5.54 Å². The van der Waals surface area contributed by atoms with Crippen molar-refractivity contribution in [1.29, 1.82) is 0 Å². The van der Waals surface area contributed by atoms with E-state index in [1.807, 2.05) is 0 Å². The fourth-order valence-corrected chi connectivity index (χ4v) is 2.37. The van der Waals surface area contributed by atoms with Crippen LogP contribution in [0.25, 0.3) is 0 Å². The van der Waals surface area contributed by atoms with Gasteiger partial charge in [-0.2, -0.15) is 0 Å². The molecule has 0 radical (unpaired) electrons. The van der Waals surface area contributed by atoms with Gasteiger partial charge in [-0.05, 0) is 51.3 Å². The van der Waals surface area contributed by atoms with Gasteiger partial charge in [-0.1, -0.05) is 15.9 Å². The van der Waals surface area contributed by atoms with Crippen LogP contribution in [0.4, 0.5) is 5.69 Å². The molecule has 102 valence electrons. The maximum atomic E-state index is 5.79. The highest BCUT2D eigenvalue weighted by Gasteiger charge is 2.22. The van der Waals surface area contributed by atoms with Crippen LogP contribution in [0.5, 0.6) is 5.75 Å². The third kappa shape index (κ3) is 2.81. The first-order chi connectivity index (χ1) is 8.25. The normalized spacial score (nSPS) is 11.6. The summed E-state index contributed by atoms with van der Waals surface area (Å²) >= 11 is 3.65. The summed E-state index contributed by atoms with van der Waals surface area (Å²) in [5, 5.41) is 3.48. The van der Waals surface area contributed by atoms with Crippen molar-refractivity contribution in [1.82, 2.24) is 0 Å². The zero-order chi connectivity index (χ0) is 14.1. The fraction of sp³-hybridized carbons (Fsp3) is 0.571. The summed E-state index contributed by atoms with van der Waals surface area (Å²) in [4.78, 5) is 0. The van der Waals surface area contributed by atoms with Crippen molar-refractivity contribution in [3.05, 3.63) is 21.2 Å². The standard InChI is InChI=1S/C14H23BrN2O/c1-8-9(2)13(18-6)12(10(3)11(8)15)17-14(4,5)7-16/h17H,7,16H2,1-6H3. The van der Waals surface area contributed by atoms with Crippen molar-refractivity contribution in [2.24, 2.45) is 5.73 Å². The van der Waals surface area contributed by atoms with Crippen LogP contribution in [0.15, 0.2) is 4.47 Å². The molecule has 0 amide bonds. The number of halogens is 1.